The van der Waals surface area contributed by atoms with Crippen molar-refractivity contribution in [2.45, 2.75) is 13.8 Å². The van der Waals surface area contributed by atoms with Gasteiger partial charge in [0.2, 0.25) is 5.91 Å². The molecule has 0 bridgehead atoms. The van der Waals surface area contributed by atoms with Gasteiger partial charge in [-0.05, 0) is 67.4 Å². The summed E-state index contributed by atoms with van der Waals surface area (Å²) in [6.07, 6.45) is 3.12. The van der Waals surface area contributed by atoms with Crippen LogP contribution in [0.4, 0.5) is 5.69 Å². The molecule has 0 aliphatic carbocycles. The fraction of sp³-hybridized carbons (Fsp3) is 0.150. The van der Waals surface area contributed by atoms with Gasteiger partial charge in [0.25, 0.3) is 0 Å². The molecule has 0 saturated heterocycles. The summed E-state index contributed by atoms with van der Waals surface area (Å²) in [5.41, 5.74) is 3.77. The normalized spacial score (nSPS) is 11.1. The number of fused-ring (bicyclic) bond motifs is 1. The number of benzene rings is 2. The lowest BCUT2D eigenvalue weighted by molar-refractivity contribution is -0.111. The number of nitrogens with one attached hydrogen (secondary N) is 1. The molecule has 0 unspecified atom stereocenters. The SMILES string of the molecule is COc1ccc2oc(C=CC(=O)Nc3cc(C)cc(C)c3)cc2c1. The largest absolute Gasteiger partial charge is 0.497 e. The molecule has 4 heteroatoms. The molecule has 1 aromatic heterocycles. The maximum absolute atomic E-state index is 12.1. The van der Waals surface area contributed by atoms with Gasteiger partial charge in [-0.3, -0.25) is 4.79 Å². The van der Waals surface area contributed by atoms with Crippen LogP contribution < -0.4 is 10.1 Å². The van der Waals surface area contributed by atoms with Crippen LogP contribution >= 0.6 is 0 Å². The first kappa shape index (κ1) is 15.9. The molecule has 0 fully saturated rings. The van der Waals surface area contributed by atoms with Crippen molar-refractivity contribution >= 4 is 28.6 Å². The second kappa shape index (κ2) is 6.62. The lowest BCUT2D eigenvalue weighted by Gasteiger charge is -2.05. The van der Waals surface area contributed by atoms with Gasteiger partial charge in [-0.15, -0.1) is 0 Å². The highest BCUT2D eigenvalue weighted by Gasteiger charge is 2.04. The second-order valence-corrected chi connectivity index (χ2v) is 5.75. The van der Waals surface area contributed by atoms with Crippen LogP contribution in [-0.2, 0) is 4.79 Å². The summed E-state index contributed by atoms with van der Waals surface area (Å²) in [5, 5.41) is 3.79. The average Bonchev–Trinajstić information content (AvgIpc) is 2.93. The molecule has 3 rings (SSSR count). The minimum Gasteiger partial charge on any atom is -0.497 e. The Balaban J connectivity index is 1.73. The number of methoxy groups -OCH3 is 1. The van der Waals surface area contributed by atoms with E-state index in [0.29, 0.717) is 5.76 Å². The zero-order valence-electron chi connectivity index (χ0n) is 13.9. The van der Waals surface area contributed by atoms with E-state index in [9.17, 15) is 4.79 Å². The number of ether oxygens (including phenoxy) is 1. The molecule has 3 aromatic rings. The summed E-state index contributed by atoms with van der Waals surface area (Å²) < 4.78 is 10.9. The molecule has 122 valence electrons. The van der Waals surface area contributed by atoms with Gasteiger partial charge in [-0.25, -0.2) is 0 Å². The van der Waals surface area contributed by atoms with E-state index in [1.807, 2.05) is 50.2 Å². The molecular formula is C20H19NO3. The molecule has 1 N–H and O–H groups in total. The number of hydrogen-bond acceptors (Lipinski definition) is 3. The highest BCUT2D eigenvalue weighted by molar-refractivity contribution is 6.02. The monoisotopic (exact) mass is 321 g/mol. The van der Waals surface area contributed by atoms with E-state index in [0.717, 1.165) is 33.5 Å². The van der Waals surface area contributed by atoms with E-state index in [1.165, 1.54) is 6.08 Å². The predicted molar refractivity (Wildman–Crippen MR) is 96.3 cm³/mol. The minimum atomic E-state index is -0.196. The summed E-state index contributed by atoms with van der Waals surface area (Å²) in [6, 6.07) is 13.4. The standard InChI is InChI=1S/C20H19NO3/c1-13-8-14(2)10-16(9-13)21-20(22)7-5-18-12-15-11-17(23-3)4-6-19(15)24-18/h4-12H,1-3H3,(H,21,22). The first-order valence-electron chi connectivity index (χ1n) is 7.68. The summed E-state index contributed by atoms with van der Waals surface area (Å²) in [6.45, 7) is 4.00. The van der Waals surface area contributed by atoms with E-state index < -0.39 is 0 Å². The Labute approximate surface area is 140 Å². The minimum absolute atomic E-state index is 0.196. The number of hydrogen-bond donors (Lipinski definition) is 1. The van der Waals surface area contributed by atoms with Crippen LogP contribution in [-0.4, -0.2) is 13.0 Å². The molecule has 0 radical (unpaired) electrons. The molecule has 0 saturated carbocycles. The van der Waals surface area contributed by atoms with Gasteiger partial charge >= 0.3 is 0 Å². The third-order valence-electron chi connectivity index (χ3n) is 3.63. The van der Waals surface area contributed by atoms with E-state index in [1.54, 1.807) is 13.2 Å². The van der Waals surface area contributed by atoms with Crippen LogP contribution in [0.1, 0.15) is 16.9 Å². The highest BCUT2D eigenvalue weighted by Crippen LogP contribution is 2.24. The Morgan fingerprint density at radius 2 is 1.83 bits per heavy atom. The zero-order chi connectivity index (χ0) is 17.1. The molecule has 1 heterocycles. The van der Waals surface area contributed by atoms with Crippen molar-refractivity contribution < 1.29 is 13.9 Å². The van der Waals surface area contributed by atoms with Gasteiger partial charge in [0.05, 0.1) is 7.11 Å². The Morgan fingerprint density at radius 1 is 1.08 bits per heavy atom. The van der Waals surface area contributed by atoms with Gasteiger partial charge in [0, 0.05) is 17.1 Å². The van der Waals surface area contributed by atoms with Crippen molar-refractivity contribution in [3.8, 4) is 5.75 Å². The van der Waals surface area contributed by atoms with Crippen molar-refractivity contribution in [2.75, 3.05) is 12.4 Å². The molecule has 0 atom stereocenters. The number of anilines is 1. The summed E-state index contributed by atoms with van der Waals surface area (Å²) in [5.74, 6) is 1.19. The Morgan fingerprint density at radius 3 is 2.54 bits per heavy atom. The van der Waals surface area contributed by atoms with Gasteiger partial charge in [0.1, 0.15) is 17.1 Å². The van der Waals surface area contributed by atoms with E-state index in [4.69, 9.17) is 9.15 Å². The van der Waals surface area contributed by atoms with Crippen molar-refractivity contribution in [2.24, 2.45) is 0 Å². The Kier molecular flexibility index (Phi) is 4.38. The van der Waals surface area contributed by atoms with Crippen LogP contribution in [0.2, 0.25) is 0 Å². The third kappa shape index (κ3) is 3.66. The molecule has 0 aliphatic rings. The van der Waals surface area contributed by atoms with Crippen molar-refractivity contribution in [3.63, 3.8) is 0 Å². The maximum Gasteiger partial charge on any atom is 0.248 e. The van der Waals surface area contributed by atoms with Gasteiger partial charge in [-0.1, -0.05) is 6.07 Å². The molecule has 4 nitrogen and oxygen atoms in total. The molecule has 1 amide bonds. The van der Waals surface area contributed by atoms with Gasteiger partial charge < -0.3 is 14.5 Å². The number of amides is 1. The van der Waals surface area contributed by atoms with Crippen molar-refractivity contribution in [1.82, 2.24) is 0 Å². The summed E-state index contributed by atoms with van der Waals surface area (Å²) in [4.78, 5) is 12.1. The summed E-state index contributed by atoms with van der Waals surface area (Å²) in [7, 11) is 1.62. The van der Waals surface area contributed by atoms with Crippen LogP contribution in [0.3, 0.4) is 0 Å². The van der Waals surface area contributed by atoms with Gasteiger partial charge in [0.15, 0.2) is 0 Å². The zero-order valence-corrected chi connectivity index (χ0v) is 13.9. The number of rotatable bonds is 4. The van der Waals surface area contributed by atoms with E-state index in [-0.39, 0.29) is 5.91 Å². The number of furan rings is 1. The molecular weight excluding hydrogens is 302 g/mol. The number of aryl methyl sites for hydroxylation is 2. The van der Waals surface area contributed by atoms with Crippen LogP contribution in [0.25, 0.3) is 17.0 Å². The first-order valence-corrected chi connectivity index (χ1v) is 7.68. The average molecular weight is 321 g/mol. The maximum atomic E-state index is 12.1. The number of carbonyl (C=O) groups excluding carboxylic acids is 1. The lowest BCUT2D eigenvalue weighted by atomic mass is 10.1. The highest BCUT2D eigenvalue weighted by atomic mass is 16.5. The lowest BCUT2D eigenvalue weighted by Crippen LogP contribution is -2.07. The quantitative estimate of drug-likeness (QED) is 0.708. The van der Waals surface area contributed by atoms with E-state index in [2.05, 4.69) is 11.4 Å². The molecule has 0 aliphatic heterocycles. The van der Waals surface area contributed by atoms with Gasteiger partial charge in [-0.2, -0.15) is 0 Å². The fourth-order valence-electron chi connectivity index (χ4n) is 2.64. The van der Waals surface area contributed by atoms with Crippen molar-refractivity contribution in [3.05, 3.63) is 65.4 Å². The van der Waals surface area contributed by atoms with E-state index >= 15 is 0 Å². The number of carbonyl (C=O) groups is 1. The Bertz CT molecular complexity index is 902. The van der Waals surface area contributed by atoms with Crippen LogP contribution in [0, 0.1) is 13.8 Å². The molecule has 2 aromatic carbocycles. The predicted octanol–water partition coefficient (Wildman–Crippen LogP) is 4.71. The third-order valence-corrected chi connectivity index (χ3v) is 3.63. The fourth-order valence-corrected chi connectivity index (χ4v) is 2.64. The molecule has 0 spiro atoms. The first-order chi connectivity index (χ1) is 11.5. The smallest absolute Gasteiger partial charge is 0.248 e. The van der Waals surface area contributed by atoms with Crippen molar-refractivity contribution in [1.29, 1.82) is 0 Å². The molecule has 24 heavy (non-hydrogen) atoms. The topological polar surface area (TPSA) is 51.5 Å². The van der Waals surface area contributed by atoms with Crippen LogP contribution in [0.5, 0.6) is 5.75 Å². The Hall–Kier alpha value is -3.01. The second-order valence-electron chi connectivity index (χ2n) is 5.75. The summed E-state index contributed by atoms with van der Waals surface area (Å²) >= 11 is 0. The van der Waals surface area contributed by atoms with Crippen LogP contribution in [0.15, 0.2) is 53.0 Å².